The second-order valence-electron chi connectivity index (χ2n) is 6.18. The van der Waals surface area contributed by atoms with Crippen molar-refractivity contribution in [1.82, 2.24) is 4.90 Å². The average Bonchev–Trinajstić information content (AvgIpc) is 3.24. The summed E-state index contributed by atoms with van der Waals surface area (Å²) < 4.78 is 5.73. The van der Waals surface area contributed by atoms with Gasteiger partial charge in [0.2, 0.25) is 5.91 Å². The van der Waals surface area contributed by atoms with Crippen LogP contribution in [0.2, 0.25) is 15.1 Å². The maximum Gasteiger partial charge on any atom is 0.238 e. The van der Waals surface area contributed by atoms with E-state index >= 15 is 0 Å². The number of thiophene rings is 1. The number of benzene rings is 1. The van der Waals surface area contributed by atoms with Crippen LogP contribution >= 0.6 is 46.1 Å². The predicted molar refractivity (Wildman–Crippen MR) is 109 cm³/mol. The third-order valence-corrected chi connectivity index (χ3v) is 5.76. The number of ether oxygens (including phenoxy) is 1. The van der Waals surface area contributed by atoms with E-state index in [2.05, 4.69) is 16.3 Å². The summed E-state index contributed by atoms with van der Waals surface area (Å²) in [6.45, 7) is 2.44. The third-order valence-electron chi connectivity index (χ3n) is 4.08. The third kappa shape index (κ3) is 5.59. The van der Waals surface area contributed by atoms with Gasteiger partial charge in [-0.25, -0.2) is 0 Å². The van der Waals surface area contributed by atoms with E-state index in [1.165, 1.54) is 4.88 Å². The van der Waals surface area contributed by atoms with Gasteiger partial charge in [-0.3, -0.25) is 9.69 Å². The molecule has 1 saturated heterocycles. The van der Waals surface area contributed by atoms with Gasteiger partial charge in [0.1, 0.15) is 0 Å². The number of nitrogens with one attached hydrogen (secondary N) is 1. The Labute approximate surface area is 172 Å². The van der Waals surface area contributed by atoms with Crippen LogP contribution in [0.25, 0.3) is 0 Å². The van der Waals surface area contributed by atoms with E-state index in [4.69, 9.17) is 39.5 Å². The van der Waals surface area contributed by atoms with Crippen molar-refractivity contribution in [3.63, 3.8) is 0 Å². The molecule has 1 aliphatic rings. The molecule has 2 heterocycles. The zero-order valence-electron chi connectivity index (χ0n) is 14.0. The number of halogens is 3. The summed E-state index contributed by atoms with van der Waals surface area (Å²) >= 11 is 19.9. The summed E-state index contributed by atoms with van der Waals surface area (Å²) in [5, 5.41) is 5.90. The van der Waals surface area contributed by atoms with E-state index in [1.54, 1.807) is 23.5 Å². The first-order valence-electron chi connectivity index (χ1n) is 8.32. The largest absolute Gasteiger partial charge is 0.377 e. The highest BCUT2D eigenvalue weighted by Gasteiger charge is 2.22. The molecule has 0 bridgehead atoms. The van der Waals surface area contributed by atoms with Crippen molar-refractivity contribution >= 4 is 57.7 Å². The molecule has 0 saturated carbocycles. The summed E-state index contributed by atoms with van der Waals surface area (Å²) in [6, 6.07) is 7.19. The number of amides is 1. The molecule has 8 heteroatoms. The van der Waals surface area contributed by atoms with E-state index in [0.717, 1.165) is 19.4 Å². The molecule has 0 spiro atoms. The first kappa shape index (κ1) is 19.9. The summed E-state index contributed by atoms with van der Waals surface area (Å²) in [5.74, 6) is -0.175. The maximum absolute atomic E-state index is 12.6. The second-order valence-corrected chi connectivity index (χ2v) is 8.46. The molecule has 1 amide bonds. The maximum atomic E-state index is 12.6. The first-order valence-corrected chi connectivity index (χ1v) is 10.3. The smallest absolute Gasteiger partial charge is 0.238 e. The highest BCUT2D eigenvalue weighted by Crippen LogP contribution is 2.33. The fourth-order valence-corrected chi connectivity index (χ4v) is 4.59. The Bertz CT molecular complexity index is 726. The van der Waals surface area contributed by atoms with Gasteiger partial charge in [0.15, 0.2) is 0 Å². The molecule has 140 valence electrons. The van der Waals surface area contributed by atoms with Gasteiger partial charge in [0.25, 0.3) is 0 Å². The topological polar surface area (TPSA) is 41.6 Å². The molecule has 1 unspecified atom stereocenters. The number of nitrogens with zero attached hydrogens (tertiary/aromatic N) is 1. The molecule has 26 heavy (non-hydrogen) atoms. The van der Waals surface area contributed by atoms with Crippen LogP contribution in [0.4, 0.5) is 5.69 Å². The fraction of sp³-hybridized carbons (Fsp3) is 0.389. The average molecular weight is 434 g/mol. The molecular weight excluding hydrogens is 415 g/mol. The molecule has 1 aromatic carbocycles. The standard InChI is InChI=1S/C18H19Cl3N2O2S/c19-12-7-15(20)18(16(21)8-12)22-17(24)11-23(9-13-3-1-5-25-13)10-14-4-2-6-26-14/h2,4,6-8,13H,1,3,5,9-11H2,(H,22,24). The fourth-order valence-electron chi connectivity index (χ4n) is 2.93. The van der Waals surface area contributed by atoms with Gasteiger partial charge < -0.3 is 10.1 Å². The van der Waals surface area contributed by atoms with E-state index in [-0.39, 0.29) is 18.6 Å². The lowest BCUT2D eigenvalue weighted by Crippen LogP contribution is -2.37. The van der Waals surface area contributed by atoms with E-state index in [0.29, 0.717) is 33.8 Å². The molecule has 0 aliphatic carbocycles. The predicted octanol–water partition coefficient (Wildman–Crippen LogP) is 5.33. The Hall–Kier alpha value is -0.820. The number of hydrogen-bond acceptors (Lipinski definition) is 4. The quantitative estimate of drug-likeness (QED) is 0.642. The summed E-state index contributed by atoms with van der Waals surface area (Å²) in [7, 11) is 0. The monoisotopic (exact) mass is 432 g/mol. The molecular formula is C18H19Cl3N2O2S. The van der Waals surface area contributed by atoms with E-state index in [1.807, 2.05) is 11.4 Å². The minimum absolute atomic E-state index is 0.172. The Kier molecular flexibility index (Phi) is 7.20. The van der Waals surface area contributed by atoms with Crippen LogP contribution in [0.5, 0.6) is 0 Å². The Morgan fingerprint density at radius 2 is 2.08 bits per heavy atom. The lowest BCUT2D eigenvalue weighted by Gasteiger charge is -2.24. The molecule has 1 fully saturated rings. The lowest BCUT2D eigenvalue weighted by atomic mass is 10.2. The highest BCUT2D eigenvalue weighted by molar-refractivity contribution is 7.09. The SMILES string of the molecule is O=C(CN(Cc1cccs1)CC1CCCO1)Nc1c(Cl)cc(Cl)cc1Cl. The van der Waals surface area contributed by atoms with Crippen molar-refractivity contribution in [2.24, 2.45) is 0 Å². The number of carbonyl (C=O) groups is 1. The molecule has 1 aliphatic heterocycles. The van der Waals surface area contributed by atoms with Crippen LogP contribution in [0, 0.1) is 0 Å². The van der Waals surface area contributed by atoms with Gasteiger partial charge in [-0.1, -0.05) is 40.9 Å². The van der Waals surface area contributed by atoms with Gasteiger partial charge in [-0.2, -0.15) is 0 Å². The summed E-state index contributed by atoms with van der Waals surface area (Å²) in [5.41, 5.74) is 0.385. The van der Waals surface area contributed by atoms with Crippen molar-refractivity contribution in [2.45, 2.75) is 25.5 Å². The molecule has 0 radical (unpaired) electrons. The van der Waals surface area contributed by atoms with Crippen LogP contribution < -0.4 is 5.32 Å². The van der Waals surface area contributed by atoms with Gasteiger partial charge in [-0.15, -0.1) is 11.3 Å². The van der Waals surface area contributed by atoms with Crippen LogP contribution in [0.1, 0.15) is 17.7 Å². The molecule has 4 nitrogen and oxygen atoms in total. The van der Waals surface area contributed by atoms with Crippen LogP contribution in [0.15, 0.2) is 29.6 Å². The van der Waals surface area contributed by atoms with Gasteiger partial charge >= 0.3 is 0 Å². The number of rotatable bonds is 7. The van der Waals surface area contributed by atoms with Crippen molar-refractivity contribution in [2.75, 3.05) is 25.0 Å². The Morgan fingerprint density at radius 1 is 1.31 bits per heavy atom. The van der Waals surface area contributed by atoms with Crippen LogP contribution in [-0.4, -0.2) is 36.6 Å². The van der Waals surface area contributed by atoms with Gasteiger partial charge in [0, 0.05) is 29.6 Å². The first-order chi connectivity index (χ1) is 12.5. The van der Waals surface area contributed by atoms with Crippen LogP contribution in [0.3, 0.4) is 0 Å². The van der Waals surface area contributed by atoms with Crippen molar-refractivity contribution in [1.29, 1.82) is 0 Å². The highest BCUT2D eigenvalue weighted by atomic mass is 35.5. The normalized spacial score (nSPS) is 17.0. The van der Waals surface area contributed by atoms with Gasteiger partial charge in [-0.05, 0) is 36.4 Å². The molecule has 1 atom stereocenters. The molecule has 1 aromatic heterocycles. The minimum Gasteiger partial charge on any atom is -0.377 e. The lowest BCUT2D eigenvalue weighted by molar-refractivity contribution is -0.117. The summed E-state index contributed by atoms with van der Waals surface area (Å²) in [6.07, 6.45) is 2.27. The molecule has 1 N–H and O–H groups in total. The summed E-state index contributed by atoms with van der Waals surface area (Å²) in [4.78, 5) is 15.9. The van der Waals surface area contributed by atoms with E-state index in [9.17, 15) is 4.79 Å². The zero-order valence-corrected chi connectivity index (χ0v) is 17.1. The van der Waals surface area contributed by atoms with Crippen molar-refractivity contribution in [3.8, 4) is 0 Å². The second kappa shape index (κ2) is 9.40. The molecule has 2 aromatic rings. The Balaban J connectivity index is 1.66. The minimum atomic E-state index is -0.175. The van der Waals surface area contributed by atoms with Crippen molar-refractivity contribution in [3.05, 3.63) is 49.6 Å². The van der Waals surface area contributed by atoms with Gasteiger partial charge in [0.05, 0.1) is 28.4 Å². The zero-order chi connectivity index (χ0) is 18.5. The van der Waals surface area contributed by atoms with Crippen molar-refractivity contribution < 1.29 is 9.53 Å². The number of anilines is 1. The number of carbonyl (C=O) groups excluding carboxylic acids is 1. The van der Waals surface area contributed by atoms with E-state index < -0.39 is 0 Å². The molecule has 3 rings (SSSR count). The van der Waals surface area contributed by atoms with Crippen LogP contribution in [-0.2, 0) is 16.1 Å². The number of hydrogen-bond donors (Lipinski definition) is 1. The Morgan fingerprint density at radius 3 is 2.69 bits per heavy atom.